The van der Waals surface area contributed by atoms with Crippen LogP contribution in [-0.2, 0) is 34.1 Å². The zero-order chi connectivity index (χ0) is 20.4. The van der Waals surface area contributed by atoms with Crippen LogP contribution in [0.3, 0.4) is 0 Å². The van der Waals surface area contributed by atoms with E-state index in [0.717, 1.165) is 35.6 Å². The quantitative estimate of drug-likeness (QED) is 0.497. The van der Waals surface area contributed by atoms with Crippen LogP contribution in [0.25, 0.3) is 0 Å². The molecule has 0 atom stereocenters. The fraction of sp³-hybridized carbons (Fsp3) is 0.381. The lowest BCUT2D eigenvalue weighted by atomic mass is 10.1. The third kappa shape index (κ3) is 6.98. The number of hydrogen-bond donors (Lipinski definition) is 2. The SMILES string of the molecule is CCNC(=NCc1ccccc1COC)NCCc1ccc(S(C)(=O)=O)cc1. The molecule has 2 N–H and O–H groups in total. The molecule has 0 heterocycles. The summed E-state index contributed by atoms with van der Waals surface area (Å²) in [6.07, 6.45) is 1.99. The standard InChI is InChI=1S/C21H29N3O3S/c1-4-22-21(24-15-18-7-5-6-8-19(18)16-27-2)23-14-13-17-9-11-20(12-10-17)28(3,25)26/h5-12H,4,13-16H2,1-3H3,(H2,22,23,24). The number of nitrogens with zero attached hydrogens (tertiary/aromatic N) is 1. The number of aliphatic imine (C=N–C) groups is 1. The molecule has 152 valence electrons. The number of methoxy groups -OCH3 is 1. The van der Waals surface area contributed by atoms with E-state index in [9.17, 15) is 8.42 Å². The van der Waals surface area contributed by atoms with Gasteiger partial charge in [0.05, 0.1) is 18.0 Å². The molecule has 6 nitrogen and oxygen atoms in total. The van der Waals surface area contributed by atoms with Gasteiger partial charge in [-0.3, -0.25) is 0 Å². The second-order valence-electron chi connectivity index (χ2n) is 6.49. The largest absolute Gasteiger partial charge is 0.380 e. The van der Waals surface area contributed by atoms with E-state index < -0.39 is 9.84 Å². The number of rotatable bonds is 9. The summed E-state index contributed by atoms with van der Waals surface area (Å²) in [5.74, 6) is 0.752. The second-order valence-corrected chi connectivity index (χ2v) is 8.51. The Balaban J connectivity index is 1.94. The molecule has 2 aromatic carbocycles. The lowest BCUT2D eigenvalue weighted by Crippen LogP contribution is -2.38. The van der Waals surface area contributed by atoms with Crippen LogP contribution in [0.1, 0.15) is 23.6 Å². The molecule has 0 aliphatic carbocycles. The van der Waals surface area contributed by atoms with Gasteiger partial charge in [-0.05, 0) is 42.2 Å². The topological polar surface area (TPSA) is 79.8 Å². The van der Waals surface area contributed by atoms with E-state index in [-0.39, 0.29) is 0 Å². The summed E-state index contributed by atoms with van der Waals surface area (Å²) in [7, 11) is -1.47. The number of benzene rings is 2. The highest BCUT2D eigenvalue weighted by Gasteiger charge is 2.06. The second kappa shape index (κ2) is 10.8. The molecule has 28 heavy (non-hydrogen) atoms. The molecule has 0 unspecified atom stereocenters. The van der Waals surface area contributed by atoms with Crippen molar-refractivity contribution in [3.05, 3.63) is 65.2 Å². The third-order valence-corrected chi connectivity index (χ3v) is 5.36. The van der Waals surface area contributed by atoms with Crippen LogP contribution in [0, 0.1) is 0 Å². The zero-order valence-electron chi connectivity index (χ0n) is 16.7. The first-order chi connectivity index (χ1) is 13.4. The molecule has 0 amide bonds. The Labute approximate surface area is 168 Å². The Bertz CT molecular complexity index is 878. The van der Waals surface area contributed by atoms with Crippen molar-refractivity contribution in [2.45, 2.75) is 31.4 Å². The Morgan fingerprint density at radius 2 is 1.71 bits per heavy atom. The van der Waals surface area contributed by atoms with E-state index in [2.05, 4.69) is 27.8 Å². The van der Waals surface area contributed by atoms with Crippen LogP contribution in [0.15, 0.2) is 58.4 Å². The maximum Gasteiger partial charge on any atom is 0.191 e. The van der Waals surface area contributed by atoms with Crippen molar-refractivity contribution in [1.29, 1.82) is 0 Å². The lowest BCUT2D eigenvalue weighted by Gasteiger charge is -2.12. The third-order valence-electron chi connectivity index (χ3n) is 4.23. The molecule has 0 aliphatic rings. The lowest BCUT2D eigenvalue weighted by molar-refractivity contribution is 0.184. The van der Waals surface area contributed by atoms with Gasteiger partial charge in [-0.15, -0.1) is 0 Å². The summed E-state index contributed by atoms with van der Waals surface area (Å²) < 4.78 is 28.3. The molecule has 0 bridgehead atoms. The van der Waals surface area contributed by atoms with E-state index >= 15 is 0 Å². The van der Waals surface area contributed by atoms with Crippen LogP contribution in [0.5, 0.6) is 0 Å². The van der Waals surface area contributed by atoms with E-state index in [1.54, 1.807) is 19.2 Å². The number of guanidine groups is 1. The van der Waals surface area contributed by atoms with Crippen molar-refractivity contribution in [2.24, 2.45) is 4.99 Å². The Kier molecular flexibility index (Phi) is 8.47. The summed E-state index contributed by atoms with van der Waals surface area (Å²) >= 11 is 0. The minimum absolute atomic E-state index is 0.342. The normalized spacial score (nSPS) is 12.0. The molecule has 0 saturated carbocycles. The Hall–Kier alpha value is -2.38. The smallest absolute Gasteiger partial charge is 0.191 e. The van der Waals surface area contributed by atoms with Crippen molar-refractivity contribution in [2.75, 3.05) is 26.5 Å². The van der Waals surface area contributed by atoms with Gasteiger partial charge >= 0.3 is 0 Å². The summed E-state index contributed by atoms with van der Waals surface area (Å²) in [5.41, 5.74) is 3.34. The van der Waals surface area contributed by atoms with E-state index in [1.807, 2.05) is 31.2 Å². The minimum atomic E-state index is -3.16. The minimum Gasteiger partial charge on any atom is -0.380 e. The van der Waals surface area contributed by atoms with Crippen molar-refractivity contribution in [3.8, 4) is 0 Å². The predicted molar refractivity (Wildman–Crippen MR) is 113 cm³/mol. The molecule has 0 radical (unpaired) electrons. The van der Waals surface area contributed by atoms with Crippen molar-refractivity contribution in [1.82, 2.24) is 10.6 Å². The molecule has 0 fully saturated rings. The van der Waals surface area contributed by atoms with Crippen molar-refractivity contribution >= 4 is 15.8 Å². The first kappa shape index (κ1) is 21.9. The van der Waals surface area contributed by atoms with Gasteiger partial charge in [-0.1, -0.05) is 36.4 Å². The Morgan fingerprint density at radius 3 is 2.32 bits per heavy atom. The van der Waals surface area contributed by atoms with E-state index in [0.29, 0.717) is 24.6 Å². The maximum absolute atomic E-state index is 11.5. The maximum atomic E-state index is 11.5. The van der Waals surface area contributed by atoms with Gasteiger partial charge in [0.15, 0.2) is 15.8 Å². The monoisotopic (exact) mass is 403 g/mol. The molecule has 0 spiro atoms. The van der Waals surface area contributed by atoms with Crippen LogP contribution >= 0.6 is 0 Å². The fourth-order valence-electron chi connectivity index (χ4n) is 2.74. The van der Waals surface area contributed by atoms with Gasteiger partial charge in [0, 0.05) is 26.5 Å². The highest BCUT2D eigenvalue weighted by atomic mass is 32.2. The number of ether oxygens (including phenoxy) is 1. The molecule has 0 aromatic heterocycles. The van der Waals surface area contributed by atoms with Gasteiger partial charge < -0.3 is 15.4 Å². The molecular formula is C21H29N3O3S. The van der Waals surface area contributed by atoms with E-state index in [4.69, 9.17) is 4.74 Å². The number of sulfone groups is 1. The fourth-order valence-corrected chi connectivity index (χ4v) is 3.37. The van der Waals surface area contributed by atoms with Gasteiger partial charge in [0.25, 0.3) is 0 Å². The summed E-state index contributed by atoms with van der Waals surface area (Å²) in [6.45, 7) is 4.63. The van der Waals surface area contributed by atoms with Crippen LogP contribution in [-0.4, -0.2) is 40.8 Å². The van der Waals surface area contributed by atoms with Crippen molar-refractivity contribution in [3.63, 3.8) is 0 Å². The van der Waals surface area contributed by atoms with Crippen LogP contribution < -0.4 is 10.6 Å². The molecule has 2 aromatic rings. The zero-order valence-corrected chi connectivity index (χ0v) is 17.6. The molecule has 7 heteroatoms. The number of hydrogen-bond acceptors (Lipinski definition) is 4. The van der Waals surface area contributed by atoms with Crippen molar-refractivity contribution < 1.29 is 13.2 Å². The highest BCUT2D eigenvalue weighted by Crippen LogP contribution is 2.12. The number of nitrogens with one attached hydrogen (secondary N) is 2. The first-order valence-corrected chi connectivity index (χ1v) is 11.2. The average molecular weight is 404 g/mol. The van der Waals surface area contributed by atoms with Gasteiger partial charge in [-0.2, -0.15) is 0 Å². The molecular weight excluding hydrogens is 374 g/mol. The average Bonchev–Trinajstić information content (AvgIpc) is 2.67. The Morgan fingerprint density at radius 1 is 1.04 bits per heavy atom. The molecule has 0 saturated heterocycles. The van der Waals surface area contributed by atoms with Crippen LogP contribution in [0.4, 0.5) is 0 Å². The van der Waals surface area contributed by atoms with E-state index in [1.165, 1.54) is 6.26 Å². The predicted octanol–water partition coefficient (Wildman–Crippen LogP) is 2.53. The van der Waals surface area contributed by atoms with Gasteiger partial charge in [-0.25, -0.2) is 13.4 Å². The summed E-state index contributed by atoms with van der Waals surface area (Å²) in [5, 5.41) is 6.57. The van der Waals surface area contributed by atoms with Crippen LogP contribution in [0.2, 0.25) is 0 Å². The summed E-state index contributed by atoms with van der Waals surface area (Å²) in [4.78, 5) is 5.01. The molecule has 0 aliphatic heterocycles. The van der Waals surface area contributed by atoms with Gasteiger partial charge in [0.1, 0.15) is 0 Å². The van der Waals surface area contributed by atoms with Gasteiger partial charge in [0.2, 0.25) is 0 Å². The highest BCUT2D eigenvalue weighted by molar-refractivity contribution is 7.90. The molecule has 2 rings (SSSR count). The summed E-state index contributed by atoms with van der Waals surface area (Å²) in [6, 6.07) is 15.1. The first-order valence-electron chi connectivity index (χ1n) is 9.31.